The first kappa shape index (κ1) is 11.2. The van der Waals surface area contributed by atoms with E-state index in [9.17, 15) is 0 Å². The molecular weight excluding hydrogens is 212 g/mol. The molecule has 2 heterocycles. The average molecular weight is 232 g/mol. The fourth-order valence-corrected chi connectivity index (χ4v) is 3.16. The van der Waals surface area contributed by atoms with Crippen LogP contribution in [0.2, 0.25) is 0 Å². The van der Waals surface area contributed by atoms with Crippen molar-refractivity contribution in [3.63, 3.8) is 0 Å². The van der Waals surface area contributed by atoms with Crippen molar-refractivity contribution in [3.8, 4) is 0 Å². The summed E-state index contributed by atoms with van der Waals surface area (Å²) in [6, 6.07) is 10.4. The van der Waals surface area contributed by atoms with Crippen molar-refractivity contribution in [2.75, 3.05) is 0 Å². The molecule has 1 aromatic rings. The van der Waals surface area contributed by atoms with Crippen LogP contribution < -0.4 is 0 Å². The second-order valence-corrected chi connectivity index (χ2v) is 5.85. The van der Waals surface area contributed by atoms with Gasteiger partial charge in [-0.3, -0.25) is 0 Å². The van der Waals surface area contributed by atoms with Crippen LogP contribution in [0, 0.1) is 0 Å². The second-order valence-electron chi connectivity index (χ2n) is 5.85. The molecule has 2 saturated heterocycles. The van der Waals surface area contributed by atoms with E-state index in [1.807, 2.05) is 6.07 Å². The molecule has 2 fully saturated rings. The van der Waals surface area contributed by atoms with Crippen LogP contribution in [-0.2, 0) is 16.1 Å². The summed E-state index contributed by atoms with van der Waals surface area (Å²) in [5.41, 5.74) is 1.25. The van der Waals surface area contributed by atoms with E-state index in [4.69, 9.17) is 9.47 Å². The van der Waals surface area contributed by atoms with Gasteiger partial charge in [0.25, 0.3) is 0 Å². The summed E-state index contributed by atoms with van der Waals surface area (Å²) in [4.78, 5) is 0. The second kappa shape index (κ2) is 3.82. The highest BCUT2D eigenvalue weighted by Gasteiger charge is 2.57. The molecule has 2 bridgehead atoms. The first-order valence-corrected chi connectivity index (χ1v) is 6.45. The molecule has 0 aromatic heterocycles. The lowest BCUT2D eigenvalue weighted by atomic mass is 9.82. The third kappa shape index (κ3) is 2.00. The molecule has 0 saturated carbocycles. The van der Waals surface area contributed by atoms with Gasteiger partial charge < -0.3 is 9.47 Å². The summed E-state index contributed by atoms with van der Waals surface area (Å²) in [5, 5.41) is 0. The van der Waals surface area contributed by atoms with Crippen LogP contribution in [0.3, 0.4) is 0 Å². The van der Waals surface area contributed by atoms with Crippen LogP contribution in [-0.4, -0.2) is 17.3 Å². The number of hydrogen-bond donors (Lipinski definition) is 0. The summed E-state index contributed by atoms with van der Waals surface area (Å²) in [5.74, 6) is 0. The van der Waals surface area contributed by atoms with Crippen molar-refractivity contribution in [1.29, 1.82) is 0 Å². The van der Waals surface area contributed by atoms with Crippen molar-refractivity contribution in [2.45, 2.75) is 57.0 Å². The van der Waals surface area contributed by atoms with Crippen LogP contribution in [0.15, 0.2) is 30.3 Å². The Hall–Kier alpha value is -0.860. The molecule has 0 N–H and O–H groups in total. The van der Waals surface area contributed by atoms with E-state index in [2.05, 4.69) is 38.1 Å². The van der Waals surface area contributed by atoms with E-state index >= 15 is 0 Å². The topological polar surface area (TPSA) is 18.5 Å². The van der Waals surface area contributed by atoms with Gasteiger partial charge in [-0.15, -0.1) is 0 Å². The number of hydrogen-bond acceptors (Lipinski definition) is 2. The third-order valence-corrected chi connectivity index (χ3v) is 4.22. The maximum atomic E-state index is 6.12. The van der Waals surface area contributed by atoms with E-state index < -0.39 is 0 Å². The Labute approximate surface area is 103 Å². The summed E-state index contributed by atoms with van der Waals surface area (Å²) in [6.45, 7) is 5.10. The Morgan fingerprint density at radius 3 is 2.59 bits per heavy atom. The molecular formula is C15H20O2. The Morgan fingerprint density at radius 1 is 1.24 bits per heavy atom. The fraction of sp³-hybridized carbons (Fsp3) is 0.600. The summed E-state index contributed by atoms with van der Waals surface area (Å²) < 4.78 is 12.2. The Morgan fingerprint density at radius 2 is 2.00 bits per heavy atom. The van der Waals surface area contributed by atoms with Gasteiger partial charge in [-0.1, -0.05) is 30.3 Å². The van der Waals surface area contributed by atoms with Gasteiger partial charge in [-0.05, 0) is 32.3 Å². The van der Waals surface area contributed by atoms with Gasteiger partial charge in [0.1, 0.15) is 0 Å². The molecule has 2 heteroatoms. The molecule has 3 unspecified atom stereocenters. The van der Waals surface area contributed by atoms with Crippen LogP contribution in [0.1, 0.15) is 38.7 Å². The van der Waals surface area contributed by atoms with Crippen LogP contribution in [0.25, 0.3) is 0 Å². The van der Waals surface area contributed by atoms with Gasteiger partial charge in [-0.25, -0.2) is 0 Å². The van der Waals surface area contributed by atoms with E-state index in [1.54, 1.807) is 0 Å². The van der Waals surface area contributed by atoms with Gasteiger partial charge in [-0.2, -0.15) is 0 Å². The van der Waals surface area contributed by atoms with Crippen molar-refractivity contribution in [2.24, 2.45) is 0 Å². The van der Waals surface area contributed by atoms with Crippen LogP contribution >= 0.6 is 0 Å². The van der Waals surface area contributed by atoms with Crippen molar-refractivity contribution in [3.05, 3.63) is 35.9 Å². The van der Waals surface area contributed by atoms with Crippen LogP contribution in [0.4, 0.5) is 0 Å². The molecule has 0 radical (unpaired) electrons. The van der Waals surface area contributed by atoms with Gasteiger partial charge >= 0.3 is 0 Å². The lowest BCUT2D eigenvalue weighted by molar-refractivity contribution is -0.0826. The molecule has 3 atom stereocenters. The van der Waals surface area contributed by atoms with E-state index in [1.165, 1.54) is 12.0 Å². The Balaban J connectivity index is 1.64. The normalized spacial score (nSPS) is 39.8. The highest BCUT2D eigenvalue weighted by atomic mass is 16.6. The van der Waals surface area contributed by atoms with Crippen molar-refractivity contribution >= 4 is 0 Å². The molecule has 0 amide bonds. The quantitative estimate of drug-likeness (QED) is 0.796. The number of ether oxygens (including phenoxy) is 2. The molecule has 2 aliphatic rings. The Bertz CT molecular complexity index is 403. The summed E-state index contributed by atoms with van der Waals surface area (Å²) >= 11 is 0. The highest BCUT2D eigenvalue weighted by Crippen LogP contribution is 2.51. The van der Waals surface area contributed by atoms with Crippen LogP contribution in [0.5, 0.6) is 0 Å². The van der Waals surface area contributed by atoms with Gasteiger partial charge in [0.2, 0.25) is 0 Å². The lowest BCUT2D eigenvalue weighted by Crippen LogP contribution is -2.37. The molecule has 1 aromatic carbocycles. The zero-order chi connectivity index (χ0) is 11.9. The minimum atomic E-state index is -0.0521. The third-order valence-electron chi connectivity index (χ3n) is 4.22. The largest absolute Gasteiger partial charge is 0.370 e. The molecule has 0 aliphatic carbocycles. The predicted molar refractivity (Wildman–Crippen MR) is 66.8 cm³/mol. The van der Waals surface area contributed by atoms with Gasteiger partial charge in [0.05, 0.1) is 23.9 Å². The predicted octanol–water partition coefficient (Wildman–Crippen LogP) is 3.30. The highest BCUT2D eigenvalue weighted by molar-refractivity contribution is 5.14. The monoisotopic (exact) mass is 232 g/mol. The SMILES string of the molecule is CC12CCC(C)(O1)C(OCc1ccccc1)C2. The molecule has 0 spiro atoms. The maximum Gasteiger partial charge on any atom is 0.0924 e. The number of fused-ring (bicyclic) bond motifs is 2. The summed E-state index contributed by atoms with van der Waals surface area (Å²) in [6.07, 6.45) is 3.59. The molecule has 2 nitrogen and oxygen atoms in total. The first-order valence-electron chi connectivity index (χ1n) is 6.45. The van der Waals surface area contributed by atoms with E-state index in [-0.39, 0.29) is 17.3 Å². The number of benzene rings is 1. The Kier molecular flexibility index (Phi) is 2.53. The molecule has 92 valence electrons. The van der Waals surface area contributed by atoms with Gasteiger partial charge in [0, 0.05) is 6.42 Å². The minimum absolute atomic E-state index is 0.0521. The number of rotatable bonds is 3. The van der Waals surface area contributed by atoms with E-state index in [0.29, 0.717) is 6.61 Å². The zero-order valence-electron chi connectivity index (χ0n) is 10.6. The zero-order valence-corrected chi connectivity index (χ0v) is 10.6. The molecule has 2 aliphatic heterocycles. The average Bonchev–Trinajstić information content (AvgIpc) is 2.76. The lowest BCUT2D eigenvalue weighted by Gasteiger charge is -2.29. The maximum absolute atomic E-state index is 6.12. The summed E-state index contributed by atoms with van der Waals surface area (Å²) in [7, 11) is 0. The molecule has 3 rings (SSSR count). The standard InChI is InChI=1S/C15H20O2/c1-14-8-9-15(2,17-14)13(10-14)16-11-12-6-4-3-5-7-12/h3-7,13H,8-11H2,1-2H3. The fourth-order valence-electron chi connectivity index (χ4n) is 3.16. The molecule has 17 heavy (non-hydrogen) atoms. The minimum Gasteiger partial charge on any atom is -0.370 e. The first-order chi connectivity index (χ1) is 8.10. The smallest absolute Gasteiger partial charge is 0.0924 e. The van der Waals surface area contributed by atoms with E-state index in [0.717, 1.165) is 12.8 Å². The van der Waals surface area contributed by atoms with Crippen molar-refractivity contribution < 1.29 is 9.47 Å². The van der Waals surface area contributed by atoms with Gasteiger partial charge in [0.15, 0.2) is 0 Å². The van der Waals surface area contributed by atoms with Crippen molar-refractivity contribution in [1.82, 2.24) is 0 Å².